The normalized spacial score (nSPS) is 12.8. The summed E-state index contributed by atoms with van der Waals surface area (Å²) in [5, 5.41) is 11.1. The van der Waals surface area contributed by atoms with Crippen LogP contribution < -0.4 is 5.32 Å². The van der Waals surface area contributed by atoms with E-state index in [0.717, 1.165) is 42.2 Å². The highest BCUT2D eigenvalue weighted by Gasteiger charge is 2.21. The summed E-state index contributed by atoms with van der Waals surface area (Å²) in [6, 6.07) is 2.54. The number of thiophene rings is 1. The number of hydrogen-bond acceptors (Lipinski definition) is 3. The Morgan fingerprint density at radius 2 is 2.10 bits per heavy atom. The van der Waals surface area contributed by atoms with Gasteiger partial charge in [0.15, 0.2) is 0 Å². The molecular weight excluding hydrogens is 302 g/mol. The maximum Gasteiger partial charge on any atom is 0.0850 e. The van der Waals surface area contributed by atoms with Crippen LogP contribution >= 0.6 is 22.9 Å². The summed E-state index contributed by atoms with van der Waals surface area (Å²) in [7, 11) is 1.98. The molecule has 1 N–H and O–H groups in total. The molecule has 2 aromatic rings. The van der Waals surface area contributed by atoms with Crippen LogP contribution in [0.3, 0.4) is 0 Å². The molecule has 0 amide bonds. The van der Waals surface area contributed by atoms with E-state index in [9.17, 15) is 0 Å². The Morgan fingerprint density at radius 3 is 2.67 bits per heavy atom. The maximum absolute atomic E-state index is 6.50. The second kappa shape index (κ2) is 7.43. The Balaban J connectivity index is 2.31. The topological polar surface area (TPSA) is 29.9 Å². The van der Waals surface area contributed by atoms with Gasteiger partial charge in [0.05, 0.1) is 16.4 Å². The van der Waals surface area contributed by atoms with E-state index in [-0.39, 0.29) is 0 Å². The van der Waals surface area contributed by atoms with E-state index in [1.54, 1.807) is 0 Å². The number of likely N-dealkylation sites (N-methyl/N-ethyl adjacent to an activating group) is 1. The fourth-order valence-corrected chi connectivity index (χ4v) is 4.13. The van der Waals surface area contributed by atoms with Crippen molar-refractivity contribution >= 4 is 22.9 Å². The van der Waals surface area contributed by atoms with E-state index >= 15 is 0 Å². The van der Waals surface area contributed by atoms with Gasteiger partial charge in [0, 0.05) is 24.4 Å². The molecule has 0 saturated carbocycles. The predicted octanol–water partition coefficient (Wildman–Crippen LogP) is 4.15. The quantitative estimate of drug-likeness (QED) is 0.828. The number of hydrogen-bond donors (Lipinski definition) is 1. The monoisotopic (exact) mass is 325 g/mol. The molecule has 2 aromatic heterocycles. The van der Waals surface area contributed by atoms with Crippen LogP contribution in [0.4, 0.5) is 0 Å². The van der Waals surface area contributed by atoms with E-state index in [1.165, 1.54) is 10.4 Å². The fourth-order valence-electron chi connectivity index (χ4n) is 2.68. The zero-order valence-electron chi connectivity index (χ0n) is 13.2. The van der Waals surface area contributed by atoms with Crippen molar-refractivity contribution in [2.24, 2.45) is 7.05 Å². The summed E-state index contributed by atoms with van der Waals surface area (Å²) >= 11 is 8.33. The summed E-state index contributed by atoms with van der Waals surface area (Å²) in [6.07, 6.45) is 2.82. The van der Waals surface area contributed by atoms with Crippen molar-refractivity contribution in [1.82, 2.24) is 15.1 Å². The Hall–Kier alpha value is -0.840. The van der Waals surface area contributed by atoms with Gasteiger partial charge in [-0.15, -0.1) is 11.3 Å². The third-order valence-corrected chi connectivity index (χ3v) is 5.34. The second-order valence-electron chi connectivity index (χ2n) is 5.16. The van der Waals surface area contributed by atoms with E-state index in [0.29, 0.717) is 6.04 Å². The molecule has 116 valence electrons. The standard InChI is InChI=1S/C16H24ClN3S/c1-5-11-8-9-21-16(11)13(18-7-3)10-14-15(17)12(6-2)19-20(14)4/h8-9,13,18H,5-7,10H2,1-4H3. The van der Waals surface area contributed by atoms with Gasteiger partial charge in [-0.1, -0.05) is 32.4 Å². The first-order valence-corrected chi connectivity index (χ1v) is 8.87. The molecule has 21 heavy (non-hydrogen) atoms. The van der Waals surface area contributed by atoms with Crippen molar-refractivity contribution in [2.75, 3.05) is 6.54 Å². The highest BCUT2D eigenvalue weighted by atomic mass is 35.5. The summed E-state index contributed by atoms with van der Waals surface area (Å²) in [4.78, 5) is 1.43. The van der Waals surface area contributed by atoms with Crippen molar-refractivity contribution in [1.29, 1.82) is 0 Å². The molecule has 0 radical (unpaired) electrons. The van der Waals surface area contributed by atoms with Gasteiger partial charge in [-0.05, 0) is 36.4 Å². The number of halogens is 1. The molecule has 0 aliphatic rings. The molecular formula is C16H24ClN3S. The van der Waals surface area contributed by atoms with Gasteiger partial charge in [0.25, 0.3) is 0 Å². The van der Waals surface area contributed by atoms with Gasteiger partial charge in [-0.3, -0.25) is 4.68 Å². The molecule has 2 heterocycles. The van der Waals surface area contributed by atoms with Gasteiger partial charge in [0.1, 0.15) is 0 Å². The first-order chi connectivity index (χ1) is 10.1. The van der Waals surface area contributed by atoms with Gasteiger partial charge < -0.3 is 5.32 Å². The summed E-state index contributed by atoms with van der Waals surface area (Å²) < 4.78 is 1.94. The summed E-state index contributed by atoms with van der Waals surface area (Å²) in [5.74, 6) is 0. The second-order valence-corrected chi connectivity index (χ2v) is 6.49. The summed E-state index contributed by atoms with van der Waals surface area (Å²) in [5.41, 5.74) is 3.54. The van der Waals surface area contributed by atoms with Crippen molar-refractivity contribution in [3.05, 3.63) is 38.3 Å². The molecule has 0 spiro atoms. The van der Waals surface area contributed by atoms with Gasteiger partial charge in [-0.25, -0.2) is 0 Å². The Bertz CT molecular complexity index is 588. The third-order valence-electron chi connectivity index (χ3n) is 3.83. The minimum Gasteiger partial charge on any atom is -0.309 e. The number of nitrogens with one attached hydrogen (secondary N) is 1. The average Bonchev–Trinajstić information content (AvgIpc) is 3.05. The Kier molecular flexibility index (Phi) is 5.85. The lowest BCUT2D eigenvalue weighted by atomic mass is 10.0. The van der Waals surface area contributed by atoms with Crippen LogP contribution in [0.5, 0.6) is 0 Å². The number of rotatable bonds is 7. The molecule has 0 aliphatic heterocycles. The molecule has 3 nitrogen and oxygen atoms in total. The van der Waals surface area contributed by atoms with Crippen molar-refractivity contribution in [3.8, 4) is 0 Å². The molecule has 0 fully saturated rings. The van der Waals surface area contributed by atoms with Crippen LogP contribution in [0, 0.1) is 0 Å². The minimum absolute atomic E-state index is 0.308. The molecule has 2 rings (SSSR count). The molecule has 0 bridgehead atoms. The minimum atomic E-state index is 0.308. The van der Waals surface area contributed by atoms with E-state index < -0.39 is 0 Å². The zero-order valence-corrected chi connectivity index (χ0v) is 14.8. The van der Waals surface area contributed by atoms with Crippen LogP contribution in [-0.4, -0.2) is 16.3 Å². The molecule has 1 atom stereocenters. The molecule has 0 aliphatic carbocycles. The number of nitrogens with zero attached hydrogens (tertiary/aromatic N) is 2. The Morgan fingerprint density at radius 1 is 1.33 bits per heavy atom. The number of aromatic nitrogens is 2. The first kappa shape index (κ1) is 16.5. The van der Waals surface area contributed by atoms with Crippen LogP contribution in [0.2, 0.25) is 5.02 Å². The lowest BCUT2D eigenvalue weighted by Gasteiger charge is -2.18. The van der Waals surface area contributed by atoms with Gasteiger partial charge in [0.2, 0.25) is 0 Å². The molecule has 5 heteroatoms. The fraction of sp³-hybridized carbons (Fsp3) is 0.562. The van der Waals surface area contributed by atoms with Crippen LogP contribution in [0.25, 0.3) is 0 Å². The van der Waals surface area contributed by atoms with E-state index in [1.807, 2.05) is 23.1 Å². The van der Waals surface area contributed by atoms with Crippen LogP contribution in [-0.2, 0) is 26.3 Å². The zero-order chi connectivity index (χ0) is 15.4. The Labute approximate surface area is 136 Å². The van der Waals surface area contributed by atoms with Crippen LogP contribution in [0.15, 0.2) is 11.4 Å². The largest absolute Gasteiger partial charge is 0.309 e. The van der Waals surface area contributed by atoms with Crippen molar-refractivity contribution in [2.45, 2.75) is 46.1 Å². The SMILES string of the molecule is CCNC(Cc1c(Cl)c(CC)nn1C)c1sccc1CC. The first-order valence-electron chi connectivity index (χ1n) is 7.62. The van der Waals surface area contributed by atoms with Crippen molar-refractivity contribution in [3.63, 3.8) is 0 Å². The van der Waals surface area contributed by atoms with E-state index in [4.69, 9.17) is 11.6 Å². The van der Waals surface area contributed by atoms with Crippen LogP contribution in [0.1, 0.15) is 48.6 Å². The maximum atomic E-state index is 6.50. The predicted molar refractivity (Wildman–Crippen MR) is 91.4 cm³/mol. The lowest BCUT2D eigenvalue weighted by Crippen LogP contribution is -2.24. The highest BCUT2D eigenvalue weighted by Crippen LogP contribution is 2.31. The molecule has 1 unspecified atom stereocenters. The average molecular weight is 326 g/mol. The molecule has 0 aromatic carbocycles. The molecule has 0 saturated heterocycles. The van der Waals surface area contributed by atoms with Gasteiger partial charge in [-0.2, -0.15) is 5.10 Å². The number of aryl methyl sites for hydroxylation is 3. The third kappa shape index (κ3) is 3.50. The highest BCUT2D eigenvalue weighted by molar-refractivity contribution is 7.10. The van der Waals surface area contributed by atoms with E-state index in [2.05, 4.69) is 42.6 Å². The summed E-state index contributed by atoms with van der Waals surface area (Å²) in [6.45, 7) is 7.39. The lowest BCUT2D eigenvalue weighted by molar-refractivity contribution is 0.533. The van der Waals surface area contributed by atoms with Gasteiger partial charge >= 0.3 is 0 Å². The van der Waals surface area contributed by atoms with Crippen molar-refractivity contribution < 1.29 is 0 Å². The smallest absolute Gasteiger partial charge is 0.0850 e.